The van der Waals surface area contributed by atoms with Crippen molar-refractivity contribution in [3.8, 4) is 55.9 Å². The van der Waals surface area contributed by atoms with Crippen LogP contribution in [0, 0.1) is 0 Å². The van der Waals surface area contributed by atoms with Gasteiger partial charge < -0.3 is 14.0 Å². The van der Waals surface area contributed by atoms with E-state index in [2.05, 4.69) is 299 Å². The van der Waals surface area contributed by atoms with Gasteiger partial charge in [0.2, 0.25) is 0 Å². The lowest BCUT2D eigenvalue weighted by Gasteiger charge is -2.36. The normalized spacial score (nSPS) is 12.8. The first kappa shape index (κ1) is 42.5. The second-order valence-electron chi connectivity index (χ2n) is 20.4. The Morgan fingerprint density at radius 2 is 0.632 bits per heavy atom. The third-order valence-electron chi connectivity index (χ3n) is 16.5. The zero-order valence-corrected chi connectivity index (χ0v) is 41.5. The van der Waals surface area contributed by atoms with Crippen molar-refractivity contribution in [2.75, 3.05) is 4.90 Å². The molecular weight excluding hydrogens is 919 g/mol. The highest BCUT2D eigenvalue weighted by atomic mass is 15.1. The van der Waals surface area contributed by atoms with Gasteiger partial charge in [0.05, 0.1) is 33.2 Å². The molecule has 16 rings (SSSR count). The highest BCUT2D eigenvalue weighted by Gasteiger charge is 2.53. The van der Waals surface area contributed by atoms with Crippen LogP contribution in [-0.2, 0) is 5.41 Å². The van der Waals surface area contributed by atoms with Gasteiger partial charge in [-0.25, -0.2) is 0 Å². The Hall–Kier alpha value is -9.96. The number of rotatable bonds is 7. The molecule has 0 unspecified atom stereocenters. The topological polar surface area (TPSA) is 13.1 Å². The first-order valence-electron chi connectivity index (χ1n) is 26.3. The van der Waals surface area contributed by atoms with Gasteiger partial charge in [-0.3, -0.25) is 0 Å². The standard InChI is InChI=1S/C73H47N3/c1-3-18-52(19-4-1)75-67-31-15-10-25-59(67)62-46-50(38-44-69(62)75)48-34-40-54(41-35-48)74(55-42-36-49(37-43-55)51-39-45-70-63(47-51)60-26-11-16-32-68(60)76(70)53-20-5-2-6-21-53)71-33-17-27-61-58-24-9-14-30-66(58)73(72(61)71)64-28-12-7-22-56(64)57-23-8-13-29-65(57)73/h1-47H. The summed E-state index contributed by atoms with van der Waals surface area (Å²) in [5.74, 6) is 0. The monoisotopic (exact) mass is 965 g/mol. The molecule has 0 amide bonds. The molecule has 0 N–H and O–H groups in total. The Kier molecular flexibility index (Phi) is 9.25. The number of anilines is 3. The van der Waals surface area contributed by atoms with E-state index in [-0.39, 0.29) is 0 Å². The quantitative estimate of drug-likeness (QED) is 0.155. The summed E-state index contributed by atoms with van der Waals surface area (Å²) in [5, 5.41) is 4.98. The SMILES string of the molecule is c1ccc(-n2c3ccccc3c3cc(-c4ccc(N(c5ccc(-c6ccc7c(c6)c6ccccc6n7-c6ccccc6)cc5)c5cccc6c5C5(c7ccccc7-c7ccccc75)c5ccccc5-6)cc4)ccc32)cc1. The molecule has 0 atom stereocenters. The van der Waals surface area contributed by atoms with Crippen molar-refractivity contribution in [1.82, 2.24) is 9.13 Å². The number of hydrogen-bond donors (Lipinski definition) is 0. The summed E-state index contributed by atoms with van der Waals surface area (Å²) in [7, 11) is 0. The van der Waals surface area contributed by atoms with Gasteiger partial charge >= 0.3 is 0 Å². The predicted molar refractivity (Wildman–Crippen MR) is 317 cm³/mol. The van der Waals surface area contributed by atoms with Crippen molar-refractivity contribution in [2.45, 2.75) is 5.41 Å². The molecule has 0 saturated heterocycles. The average molecular weight is 966 g/mol. The van der Waals surface area contributed by atoms with E-state index in [0.717, 1.165) is 28.4 Å². The predicted octanol–water partition coefficient (Wildman–Crippen LogP) is 19.0. The van der Waals surface area contributed by atoms with E-state index in [1.54, 1.807) is 0 Å². The van der Waals surface area contributed by atoms with E-state index in [1.807, 2.05) is 0 Å². The van der Waals surface area contributed by atoms with Crippen LogP contribution >= 0.6 is 0 Å². The fourth-order valence-electron chi connectivity index (χ4n) is 13.4. The molecular formula is C73H47N3. The van der Waals surface area contributed by atoms with Gasteiger partial charge in [-0.2, -0.15) is 0 Å². The Labute approximate surface area is 441 Å². The minimum absolute atomic E-state index is 0.531. The lowest BCUT2D eigenvalue weighted by molar-refractivity contribution is 0.793. The van der Waals surface area contributed by atoms with Crippen LogP contribution in [0.2, 0.25) is 0 Å². The molecule has 0 aliphatic heterocycles. The summed E-state index contributed by atoms with van der Waals surface area (Å²) in [6.07, 6.45) is 0. The molecule has 2 aliphatic carbocycles. The number of benzene rings is 12. The molecule has 3 nitrogen and oxygen atoms in total. The number of hydrogen-bond acceptors (Lipinski definition) is 1. The number of nitrogens with zero attached hydrogens (tertiary/aromatic N) is 3. The molecule has 0 fully saturated rings. The number of para-hydroxylation sites is 4. The molecule has 2 heterocycles. The van der Waals surface area contributed by atoms with Crippen molar-refractivity contribution in [3.05, 3.63) is 307 Å². The maximum atomic E-state index is 2.51. The summed E-state index contributed by atoms with van der Waals surface area (Å²) < 4.78 is 4.77. The maximum Gasteiger partial charge on any atom is 0.0746 e. The zero-order chi connectivity index (χ0) is 49.9. The van der Waals surface area contributed by atoms with Gasteiger partial charge in [-0.15, -0.1) is 0 Å². The summed E-state index contributed by atoms with van der Waals surface area (Å²) in [5.41, 5.74) is 25.1. The number of fused-ring (bicyclic) bond motifs is 16. The van der Waals surface area contributed by atoms with E-state index in [4.69, 9.17) is 0 Å². The minimum Gasteiger partial charge on any atom is -0.310 e. The molecule has 0 bridgehead atoms. The molecule has 354 valence electrons. The van der Waals surface area contributed by atoms with E-state index >= 15 is 0 Å². The van der Waals surface area contributed by atoms with E-state index in [1.165, 1.54) is 110 Å². The Morgan fingerprint density at radius 1 is 0.263 bits per heavy atom. The maximum absolute atomic E-state index is 2.51. The third-order valence-corrected chi connectivity index (χ3v) is 16.5. The van der Waals surface area contributed by atoms with Crippen LogP contribution in [0.15, 0.2) is 285 Å². The lowest BCUT2D eigenvalue weighted by atomic mass is 9.70. The fourth-order valence-corrected chi connectivity index (χ4v) is 13.4. The summed E-state index contributed by atoms with van der Waals surface area (Å²) in [6, 6.07) is 106. The van der Waals surface area contributed by atoms with Crippen molar-refractivity contribution in [2.24, 2.45) is 0 Å². The van der Waals surface area contributed by atoms with Gasteiger partial charge in [0.15, 0.2) is 0 Å². The van der Waals surface area contributed by atoms with E-state index < -0.39 is 5.41 Å². The smallest absolute Gasteiger partial charge is 0.0746 e. The van der Waals surface area contributed by atoms with Crippen molar-refractivity contribution in [3.63, 3.8) is 0 Å². The molecule has 14 aromatic rings. The van der Waals surface area contributed by atoms with Crippen LogP contribution in [0.25, 0.3) is 99.5 Å². The Morgan fingerprint density at radius 3 is 1.11 bits per heavy atom. The van der Waals surface area contributed by atoms with Crippen LogP contribution < -0.4 is 4.90 Å². The van der Waals surface area contributed by atoms with Crippen LogP contribution in [0.1, 0.15) is 22.3 Å². The average Bonchev–Trinajstić information content (AvgIpc) is 4.37. The fraction of sp³-hybridized carbons (Fsp3) is 0.0137. The summed E-state index contributed by atoms with van der Waals surface area (Å²) in [4.78, 5) is 2.51. The molecule has 76 heavy (non-hydrogen) atoms. The Balaban J connectivity index is 0.872. The van der Waals surface area contributed by atoms with Gasteiger partial charge in [0.25, 0.3) is 0 Å². The van der Waals surface area contributed by atoms with E-state index in [0.29, 0.717) is 0 Å². The van der Waals surface area contributed by atoms with Gasteiger partial charge in [0.1, 0.15) is 0 Å². The number of aromatic nitrogens is 2. The first-order chi connectivity index (χ1) is 37.7. The first-order valence-corrected chi connectivity index (χ1v) is 26.3. The second-order valence-corrected chi connectivity index (χ2v) is 20.4. The largest absolute Gasteiger partial charge is 0.310 e. The van der Waals surface area contributed by atoms with Crippen LogP contribution in [0.3, 0.4) is 0 Å². The summed E-state index contributed by atoms with van der Waals surface area (Å²) in [6.45, 7) is 0. The van der Waals surface area contributed by atoms with Gasteiger partial charge in [-0.05, 0) is 152 Å². The highest BCUT2D eigenvalue weighted by Crippen LogP contribution is 2.65. The molecule has 0 radical (unpaired) electrons. The van der Waals surface area contributed by atoms with E-state index in [9.17, 15) is 0 Å². The molecule has 2 aromatic heterocycles. The Bertz CT molecular complexity index is 4350. The molecule has 0 saturated carbocycles. The van der Waals surface area contributed by atoms with Crippen LogP contribution in [0.4, 0.5) is 17.1 Å². The summed E-state index contributed by atoms with van der Waals surface area (Å²) >= 11 is 0. The van der Waals surface area contributed by atoms with Crippen LogP contribution in [-0.4, -0.2) is 9.13 Å². The van der Waals surface area contributed by atoms with Crippen LogP contribution in [0.5, 0.6) is 0 Å². The molecule has 2 aliphatic rings. The zero-order valence-electron chi connectivity index (χ0n) is 41.5. The minimum atomic E-state index is -0.531. The highest BCUT2D eigenvalue weighted by molar-refractivity contribution is 6.12. The van der Waals surface area contributed by atoms with Gasteiger partial charge in [-0.1, -0.05) is 194 Å². The van der Waals surface area contributed by atoms with Crippen molar-refractivity contribution in [1.29, 1.82) is 0 Å². The molecule has 12 aromatic carbocycles. The van der Waals surface area contributed by atoms with Crippen molar-refractivity contribution < 1.29 is 0 Å². The lowest BCUT2D eigenvalue weighted by Crippen LogP contribution is -2.28. The molecule has 1 spiro atoms. The van der Waals surface area contributed by atoms with Gasteiger partial charge in [0, 0.05) is 49.9 Å². The third kappa shape index (κ3) is 6.05. The second kappa shape index (κ2) is 16.5. The van der Waals surface area contributed by atoms with Crippen molar-refractivity contribution >= 4 is 60.7 Å². The molecule has 3 heteroatoms.